The summed E-state index contributed by atoms with van der Waals surface area (Å²) in [5.41, 5.74) is 0. The van der Waals surface area contributed by atoms with Crippen LogP contribution in [-0.2, 0) is 9.47 Å². The van der Waals surface area contributed by atoms with Crippen molar-refractivity contribution >= 4 is 0 Å². The largest absolute Gasteiger partial charge is 0.348 e. The van der Waals surface area contributed by atoms with Gasteiger partial charge in [-0.05, 0) is 13.8 Å². The van der Waals surface area contributed by atoms with Crippen molar-refractivity contribution < 1.29 is 22.6 Å². The summed E-state index contributed by atoms with van der Waals surface area (Å²) in [5.74, 6) is -2.39. The summed E-state index contributed by atoms with van der Waals surface area (Å²) >= 11 is 0. The Hall–Kier alpha value is -0.550. The summed E-state index contributed by atoms with van der Waals surface area (Å²) in [4.78, 5) is 0. The van der Waals surface area contributed by atoms with E-state index in [2.05, 4.69) is 0 Å². The van der Waals surface area contributed by atoms with Gasteiger partial charge in [0.2, 0.25) is 0 Å². The van der Waals surface area contributed by atoms with Crippen LogP contribution in [0.15, 0.2) is 12.2 Å². The van der Waals surface area contributed by atoms with Crippen molar-refractivity contribution in [1.82, 2.24) is 0 Å². The number of hydrogen-bond donors (Lipinski definition) is 0. The lowest BCUT2D eigenvalue weighted by Gasteiger charge is -2.18. The first kappa shape index (κ1) is 10.5. The molecule has 76 valence electrons. The molecule has 1 rings (SSSR count). The Labute approximate surface area is 74.3 Å². The van der Waals surface area contributed by atoms with E-state index in [0.29, 0.717) is 0 Å². The van der Waals surface area contributed by atoms with E-state index in [1.807, 2.05) is 0 Å². The molecule has 2 atom stereocenters. The van der Waals surface area contributed by atoms with E-state index in [-0.39, 0.29) is 6.61 Å². The first-order chi connectivity index (χ1) is 5.96. The normalized spacial score (nSPS) is 30.5. The maximum atomic E-state index is 13.0. The molecule has 0 N–H and O–H groups in total. The first-order valence-corrected chi connectivity index (χ1v) is 3.88. The van der Waals surface area contributed by atoms with E-state index in [1.165, 1.54) is 0 Å². The third kappa shape index (κ3) is 2.45. The van der Waals surface area contributed by atoms with Gasteiger partial charge in [0, 0.05) is 0 Å². The minimum Gasteiger partial charge on any atom is -0.348 e. The predicted octanol–water partition coefficient (Wildman–Crippen LogP) is 2.26. The van der Waals surface area contributed by atoms with Crippen LogP contribution in [0.2, 0.25) is 0 Å². The van der Waals surface area contributed by atoms with Crippen molar-refractivity contribution in [2.24, 2.45) is 0 Å². The smallest absolute Gasteiger partial charge is 0.182 e. The highest BCUT2D eigenvalue weighted by molar-refractivity contribution is 4.99. The fourth-order valence-corrected chi connectivity index (χ4v) is 1.10. The summed E-state index contributed by atoms with van der Waals surface area (Å²) in [7, 11) is 0. The molecule has 1 heterocycles. The molecule has 0 spiro atoms. The van der Waals surface area contributed by atoms with E-state index in [9.17, 15) is 13.2 Å². The Bertz CT molecular complexity index is 215. The fourth-order valence-electron chi connectivity index (χ4n) is 1.10. The number of hydrogen-bond acceptors (Lipinski definition) is 2. The number of ether oxygens (including phenoxy) is 2. The second-order valence-electron chi connectivity index (χ2n) is 3.26. The van der Waals surface area contributed by atoms with Crippen LogP contribution in [0.1, 0.15) is 13.8 Å². The van der Waals surface area contributed by atoms with Gasteiger partial charge in [-0.3, -0.25) is 0 Å². The molecule has 0 aromatic carbocycles. The third-order valence-corrected chi connectivity index (χ3v) is 1.72. The first-order valence-electron chi connectivity index (χ1n) is 3.88. The fraction of sp³-hybridized carbons (Fsp3) is 0.750. The zero-order chi connectivity index (χ0) is 10.1. The minimum absolute atomic E-state index is 0.0740. The Kier molecular flexibility index (Phi) is 2.98. The number of halogens is 3. The van der Waals surface area contributed by atoms with Crippen molar-refractivity contribution in [3.63, 3.8) is 0 Å². The monoisotopic (exact) mass is 196 g/mol. The van der Waals surface area contributed by atoms with Gasteiger partial charge in [-0.15, -0.1) is 0 Å². The predicted molar refractivity (Wildman–Crippen MR) is 40.1 cm³/mol. The molecule has 0 aromatic heterocycles. The van der Waals surface area contributed by atoms with Gasteiger partial charge in [0.05, 0.1) is 6.61 Å². The molecule has 1 fully saturated rings. The highest BCUT2D eigenvalue weighted by Crippen LogP contribution is 2.28. The van der Waals surface area contributed by atoms with Gasteiger partial charge < -0.3 is 9.47 Å². The average Bonchev–Trinajstić information content (AvgIpc) is 2.43. The zero-order valence-electron chi connectivity index (χ0n) is 7.39. The lowest BCUT2D eigenvalue weighted by molar-refractivity contribution is -0.144. The maximum Gasteiger partial charge on any atom is 0.182 e. The van der Waals surface area contributed by atoms with Gasteiger partial charge in [-0.1, -0.05) is 0 Å². The summed E-state index contributed by atoms with van der Waals surface area (Å²) in [6.07, 6.45) is -3.56. The van der Waals surface area contributed by atoms with Gasteiger partial charge in [-0.2, -0.15) is 0 Å². The SMILES string of the molecule is CC1(C)OCC(C(F)C(F)=CF)O1. The van der Waals surface area contributed by atoms with Crippen molar-refractivity contribution in [2.75, 3.05) is 6.61 Å². The Morgan fingerprint density at radius 3 is 2.62 bits per heavy atom. The van der Waals surface area contributed by atoms with E-state index in [0.717, 1.165) is 0 Å². The molecule has 5 heteroatoms. The van der Waals surface area contributed by atoms with E-state index >= 15 is 0 Å². The number of alkyl halides is 1. The highest BCUT2D eigenvalue weighted by Gasteiger charge is 2.39. The molecule has 1 aliphatic heterocycles. The van der Waals surface area contributed by atoms with Crippen LogP contribution in [0, 0.1) is 0 Å². The summed E-state index contributed by atoms with van der Waals surface area (Å²) in [6, 6.07) is 0. The minimum atomic E-state index is -2.09. The molecule has 0 bridgehead atoms. The quantitative estimate of drug-likeness (QED) is 0.674. The van der Waals surface area contributed by atoms with Crippen LogP contribution in [0.25, 0.3) is 0 Å². The highest BCUT2D eigenvalue weighted by atomic mass is 19.2. The van der Waals surface area contributed by atoms with Crippen LogP contribution < -0.4 is 0 Å². The van der Waals surface area contributed by atoms with Crippen LogP contribution in [0.5, 0.6) is 0 Å². The molecular formula is C8H11F3O2. The van der Waals surface area contributed by atoms with E-state index in [1.54, 1.807) is 13.8 Å². The van der Waals surface area contributed by atoms with Crippen LogP contribution in [0.4, 0.5) is 13.2 Å². The Morgan fingerprint density at radius 1 is 1.62 bits per heavy atom. The summed E-state index contributed by atoms with van der Waals surface area (Å²) < 4.78 is 47.0. The van der Waals surface area contributed by atoms with E-state index < -0.39 is 30.2 Å². The molecular weight excluding hydrogens is 185 g/mol. The average molecular weight is 196 g/mol. The molecule has 0 saturated carbocycles. The van der Waals surface area contributed by atoms with Crippen molar-refractivity contribution in [1.29, 1.82) is 0 Å². The van der Waals surface area contributed by atoms with Gasteiger partial charge in [0.1, 0.15) is 12.4 Å². The van der Waals surface area contributed by atoms with Crippen LogP contribution >= 0.6 is 0 Å². The van der Waals surface area contributed by atoms with Crippen molar-refractivity contribution in [2.45, 2.75) is 31.9 Å². The van der Waals surface area contributed by atoms with Crippen LogP contribution in [0.3, 0.4) is 0 Å². The van der Waals surface area contributed by atoms with E-state index in [4.69, 9.17) is 9.47 Å². The molecule has 0 amide bonds. The third-order valence-electron chi connectivity index (χ3n) is 1.72. The molecule has 1 aliphatic rings. The van der Waals surface area contributed by atoms with Crippen molar-refractivity contribution in [3.05, 3.63) is 12.2 Å². The molecule has 2 unspecified atom stereocenters. The second kappa shape index (κ2) is 3.67. The molecule has 0 aromatic rings. The van der Waals surface area contributed by atoms with Gasteiger partial charge in [0.15, 0.2) is 17.8 Å². The molecule has 2 nitrogen and oxygen atoms in total. The Morgan fingerprint density at radius 2 is 2.23 bits per heavy atom. The van der Waals surface area contributed by atoms with Gasteiger partial charge >= 0.3 is 0 Å². The Balaban J connectivity index is 2.56. The van der Waals surface area contributed by atoms with Gasteiger partial charge in [0.25, 0.3) is 0 Å². The molecule has 13 heavy (non-hydrogen) atoms. The standard InChI is InChI=1S/C8H11F3O2/c1-8(2)12-4-6(13-8)7(11)5(10)3-9/h3,6-7H,4H2,1-2H3. The molecule has 0 aliphatic carbocycles. The molecule has 1 saturated heterocycles. The second-order valence-corrected chi connectivity index (χ2v) is 3.26. The van der Waals surface area contributed by atoms with Crippen LogP contribution in [-0.4, -0.2) is 24.7 Å². The lowest BCUT2D eigenvalue weighted by atomic mass is 10.2. The molecule has 0 radical (unpaired) electrons. The summed E-state index contributed by atoms with van der Waals surface area (Å²) in [5, 5.41) is 0. The maximum absolute atomic E-state index is 13.0. The van der Waals surface area contributed by atoms with Gasteiger partial charge in [-0.25, -0.2) is 13.2 Å². The summed E-state index contributed by atoms with van der Waals surface area (Å²) in [6.45, 7) is 3.09. The van der Waals surface area contributed by atoms with Crippen molar-refractivity contribution in [3.8, 4) is 0 Å². The zero-order valence-corrected chi connectivity index (χ0v) is 7.39. The lowest BCUT2D eigenvalue weighted by Crippen LogP contribution is -2.28. The topological polar surface area (TPSA) is 18.5 Å². The number of rotatable bonds is 2.